The van der Waals surface area contributed by atoms with Crippen molar-refractivity contribution in [3.8, 4) is 5.75 Å². The van der Waals surface area contributed by atoms with Crippen molar-refractivity contribution in [1.82, 2.24) is 10.2 Å². The van der Waals surface area contributed by atoms with E-state index in [1.54, 1.807) is 29.2 Å². The molecule has 0 unspecified atom stereocenters. The number of hydrogen-bond donors (Lipinski definition) is 3. The Labute approximate surface area is 223 Å². The third kappa shape index (κ3) is 6.55. The lowest BCUT2D eigenvalue weighted by molar-refractivity contribution is -0.140. The van der Waals surface area contributed by atoms with Crippen LogP contribution in [-0.4, -0.2) is 58.3 Å². The molecule has 2 aromatic rings. The van der Waals surface area contributed by atoms with E-state index in [-0.39, 0.29) is 43.8 Å². The van der Waals surface area contributed by atoms with Crippen LogP contribution in [0.25, 0.3) is 0 Å². The smallest absolute Gasteiger partial charge is 0.247 e. The fourth-order valence-corrected chi connectivity index (χ4v) is 4.82. The highest BCUT2D eigenvalue weighted by atomic mass is 127. The maximum atomic E-state index is 13.4. The van der Waals surface area contributed by atoms with E-state index in [0.29, 0.717) is 16.3 Å². The second-order valence-electron chi connectivity index (χ2n) is 8.81. The SMILES string of the molecule is O=C(NCCO)C1=C[C@H](Oc2ccccc2I)[C@@H](O)[C@H](N(Cc2ccc(Cl)cc2)C(=O)C2CC2)C1. The number of amides is 2. The highest BCUT2D eigenvalue weighted by Crippen LogP contribution is 2.36. The largest absolute Gasteiger partial charge is 0.482 e. The Balaban J connectivity index is 1.66. The Hall–Kier alpha value is -2.14. The fourth-order valence-electron chi connectivity index (χ4n) is 4.18. The van der Waals surface area contributed by atoms with Crippen molar-refractivity contribution in [3.05, 3.63) is 74.3 Å². The Morgan fingerprint density at radius 2 is 1.86 bits per heavy atom. The summed E-state index contributed by atoms with van der Waals surface area (Å²) in [7, 11) is 0. The summed E-state index contributed by atoms with van der Waals surface area (Å²) in [6, 6.07) is 14.0. The molecule has 35 heavy (non-hydrogen) atoms. The number of hydrogen-bond acceptors (Lipinski definition) is 5. The van der Waals surface area contributed by atoms with E-state index in [2.05, 4.69) is 27.9 Å². The van der Waals surface area contributed by atoms with Crippen LogP contribution in [-0.2, 0) is 16.1 Å². The van der Waals surface area contributed by atoms with Crippen LogP contribution < -0.4 is 10.1 Å². The molecule has 2 aliphatic rings. The van der Waals surface area contributed by atoms with Crippen molar-refractivity contribution in [1.29, 1.82) is 0 Å². The van der Waals surface area contributed by atoms with Gasteiger partial charge in [0.1, 0.15) is 18.0 Å². The topological polar surface area (TPSA) is 99.1 Å². The lowest BCUT2D eigenvalue weighted by Crippen LogP contribution is -2.55. The molecule has 0 aromatic heterocycles. The van der Waals surface area contributed by atoms with Crippen LogP contribution in [0.2, 0.25) is 5.02 Å². The van der Waals surface area contributed by atoms with Crippen LogP contribution in [0.1, 0.15) is 24.8 Å². The van der Waals surface area contributed by atoms with Crippen molar-refractivity contribution in [2.75, 3.05) is 13.2 Å². The fraction of sp³-hybridized carbons (Fsp3) is 0.385. The molecule has 0 radical (unpaired) electrons. The number of aliphatic hydroxyl groups excluding tert-OH is 2. The van der Waals surface area contributed by atoms with Crippen molar-refractivity contribution in [3.63, 3.8) is 0 Å². The summed E-state index contributed by atoms with van der Waals surface area (Å²) in [5.41, 5.74) is 1.29. The zero-order chi connectivity index (χ0) is 24.9. The lowest BCUT2D eigenvalue weighted by Gasteiger charge is -2.40. The first kappa shape index (κ1) is 25.9. The summed E-state index contributed by atoms with van der Waals surface area (Å²) in [6.07, 6.45) is 1.56. The first-order valence-electron chi connectivity index (χ1n) is 11.6. The summed E-state index contributed by atoms with van der Waals surface area (Å²) in [4.78, 5) is 27.9. The molecule has 2 aliphatic carbocycles. The van der Waals surface area contributed by atoms with Gasteiger partial charge in [0, 0.05) is 36.0 Å². The van der Waals surface area contributed by atoms with Gasteiger partial charge in [0.25, 0.3) is 0 Å². The molecule has 1 saturated carbocycles. The van der Waals surface area contributed by atoms with Crippen LogP contribution in [0.15, 0.2) is 60.2 Å². The van der Waals surface area contributed by atoms with Gasteiger partial charge in [-0.2, -0.15) is 0 Å². The normalized spacial score (nSPS) is 21.7. The number of rotatable bonds is 9. The predicted octanol–water partition coefficient (Wildman–Crippen LogP) is 3.30. The molecule has 0 aliphatic heterocycles. The quantitative estimate of drug-likeness (QED) is 0.379. The van der Waals surface area contributed by atoms with Crippen LogP contribution >= 0.6 is 34.2 Å². The first-order valence-corrected chi connectivity index (χ1v) is 13.1. The standard InChI is InChI=1S/C26H28ClIN2O5/c27-19-9-5-16(6-10-19)15-30(26(34)17-7-8-17)21-13-18(25(33)29-11-12-31)14-23(24(21)32)35-22-4-2-1-3-20(22)28/h1-6,9-10,14,17,21,23-24,31-32H,7-8,11-13,15H2,(H,29,33)/t21-,23+,24+/m1/s1. The lowest BCUT2D eigenvalue weighted by atomic mass is 9.87. The number of carbonyl (C=O) groups is 2. The monoisotopic (exact) mass is 610 g/mol. The number of ether oxygens (including phenoxy) is 1. The minimum absolute atomic E-state index is 0.0333. The van der Waals surface area contributed by atoms with Gasteiger partial charge in [0.15, 0.2) is 0 Å². The highest BCUT2D eigenvalue weighted by Gasteiger charge is 2.43. The van der Waals surface area contributed by atoms with Crippen molar-refractivity contribution in [2.24, 2.45) is 5.92 Å². The van der Waals surface area contributed by atoms with Crippen LogP contribution in [0.3, 0.4) is 0 Å². The molecule has 4 rings (SSSR count). The Morgan fingerprint density at radius 1 is 1.14 bits per heavy atom. The van der Waals surface area contributed by atoms with E-state index < -0.39 is 18.2 Å². The Morgan fingerprint density at radius 3 is 2.51 bits per heavy atom. The molecule has 0 saturated heterocycles. The Kier molecular flexibility index (Phi) is 8.69. The summed E-state index contributed by atoms with van der Waals surface area (Å²) in [5, 5.41) is 23.9. The molecule has 186 valence electrons. The zero-order valence-corrected chi connectivity index (χ0v) is 22.0. The second kappa shape index (κ2) is 11.7. The molecule has 0 bridgehead atoms. The van der Waals surface area contributed by atoms with Gasteiger partial charge in [-0.1, -0.05) is 35.9 Å². The molecule has 7 nitrogen and oxygen atoms in total. The molecule has 3 atom stereocenters. The number of para-hydroxylation sites is 1. The molecule has 2 amide bonds. The van der Waals surface area contributed by atoms with E-state index in [4.69, 9.17) is 21.4 Å². The zero-order valence-electron chi connectivity index (χ0n) is 19.1. The van der Waals surface area contributed by atoms with Gasteiger partial charge >= 0.3 is 0 Å². The number of benzene rings is 2. The minimum atomic E-state index is -1.05. The van der Waals surface area contributed by atoms with Gasteiger partial charge in [-0.15, -0.1) is 0 Å². The van der Waals surface area contributed by atoms with Gasteiger partial charge in [-0.25, -0.2) is 0 Å². The van der Waals surface area contributed by atoms with Crippen molar-refractivity contribution < 1.29 is 24.5 Å². The Bertz CT molecular complexity index is 1090. The van der Waals surface area contributed by atoms with E-state index >= 15 is 0 Å². The summed E-state index contributed by atoms with van der Waals surface area (Å²) < 4.78 is 7.03. The van der Waals surface area contributed by atoms with Gasteiger partial charge in [0.05, 0.1) is 16.2 Å². The summed E-state index contributed by atoms with van der Waals surface area (Å²) in [6.45, 7) is 0.215. The van der Waals surface area contributed by atoms with E-state index in [1.165, 1.54) is 0 Å². The van der Waals surface area contributed by atoms with Crippen molar-refractivity contribution in [2.45, 2.75) is 44.1 Å². The molecular formula is C26H28ClIN2O5. The molecular weight excluding hydrogens is 583 g/mol. The predicted molar refractivity (Wildman–Crippen MR) is 141 cm³/mol. The molecule has 0 heterocycles. The van der Waals surface area contributed by atoms with Gasteiger partial charge in [-0.05, 0) is 71.3 Å². The number of carbonyl (C=O) groups excluding carboxylic acids is 2. The average Bonchev–Trinajstić information content (AvgIpc) is 3.70. The first-order chi connectivity index (χ1) is 16.9. The number of halogens is 2. The van der Waals surface area contributed by atoms with Crippen molar-refractivity contribution >= 4 is 46.0 Å². The molecule has 3 N–H and O–H groups in total. The number of nitrogens with one attached hydrogen (secondary N) is 1. The minimum Gasteiger partial charge on any atom is -0.482 e. The van der Waals surface area contributed by atoms with Gasteiger partial charge < -0.3 is 25.2 Å². The maximum Gasteiger partial charge on any atom is 0.247 e. The third-order valence-electron chi connectivity index (χ3n) is 6.19. The van der Waals surface area contributed by atoms with Crippen LogP contribution in [0, 0.1) is 9.49 Å². The molecule has 2 aromatic carbocycles. The molecule has 1 fully saturated rings. The van der Waals surface area contributed by atoms with Gasteiger partial charge in [-0.3, -0.25) is 9.59 Å². The van der Waals surface area contributed by atoms with E-state index in [9.17, 15) is 14.7 Å². The second-order valence-corrected chi connectivity index (χ2v) is 10.4. The van der Waals surface area contributed by atoms with Crippen LogP contribution in [0.4, 0.5) is 0 Å². The van der Waals surface area contributed by atoms with Gasteiger partial charge in [0.2, 0.25) is 11.8 Å². The van der Waals surface area contributed by atoms with E-state index in [1.807, 2.05) is 30.3 Å². The highest BCUT2D eigenvalue weighted by molar-refractivity contribution is 14.1. The maximum absolute atomic E-state index is 13.4. The summed E-state index contributed by atoms with van der Waals surface area (Å²) in [5.74, 6) is 0.134. The number of aliphatic hydroxyl groups is 2. The number of nitrogens with zero attached hydrogens (tertiary/aromatic N) is 1. The molecule has 0 spiro atoms. The average molecular weight is 611 g/mol. The third-order valence-corrected chi connectivity index (χ3v) is 7.33. The molecule has 9 heteroatoms. The summed E-state index contributed by atoms with van der Waals surface area (Å²) >= 11 is 8.19. The van der Waals surface area contributed by atoms with E-state index in [0.717, 1.165) is 22.0 Å². The van der Waals surface area contributed by atoms with Crippen LogP contribution in [0.5, 0.6) is 5.75 Å².